The van der Waals surface area contributed by atoms with Crippen LogP contribution in [0.25, 0.3) is 10.8 Å². The van der Waals surface area contributed by atoms with Crippen LogP contribution in [0.1, 0.15) is 104 Å². The first kappa shape index (κ1) is 31.4. The van der Waals surface area contributed by atoms with E-state index in [0.29, 0.717) is 28.3 Å². The lowest BCUT2D eigenvalue weighted by atomic mass is 9.91. The second kappa shape index (κ2) is 15.0. The summed E-state index contributed by atoms with van der Waals surface area (Å²) in [5.74, 6) is 2.63. The molecule has 3 N–H and O–H groups in total. The fourth-order valence-electron chi connectivity index (χ4n) is 5.12. The number of phenols is 1. The summed E-state index contributed by atoms with van der Waals surface area (Å²) in [6, 6.07) is 6.99. The fraction of sp³-hybridized carbons (Fsp3) is 0.613. The second-order valence-electron chi connectivity index (χ2n) is 11.5. The van der Waals surface area contributed by atoms with Crippen molar-refractivity contribution in [2.75, 3.05) is 0 Å². The maximum atomic E-state index is 11.7. The van der Waals surface area contributed by atoms with Crippen molar-refractivity contribution in [2.24, 2.45) is 17.8 Å². The Kier molecular flexibility index (Phi) is 12.7. The molecule has 5 nitrogen and oxygen atoms in total. The molecular formula is C31H49O5P. The predicted octanol–water partition coefficient (Wildman–Crippen LogP) is 9.25. The molecule has 2 rings (SSSR count). The van der Waals surface area contributed by atoms with E-state index in [1.807, 2.05) is 0 Å². The van der Waals surface area contributed by atoms with Crippen LogP contribution in [0.15, 0.2) is 35.9 Å². The van der Waals surface area contributed by atoms with E-state index >= 15 is 0 Å². The molecule has 0 aliphatic heterocycles. The molecule has 0 bridgehead atoms. The Morgan fingerprint density at radius 2 is 1.46 bits per heavy atom. The maximum Gasteiger partial charge on any atom is 0.524 e. The van der Waals surface area contributed by atoms with Crippen LogP contribution >= 0.6 is 7.82 Å². The van der Waals surface area contributed by atoms with Crippen LogP contribution in [0.2, 0.25) is 0 Å². The van der Waals surface area contributed by atoms with Crippen LogP contribution in [-0.4, -0.2) is 14.9 Å². The summed E-state index contributed by atoms with van der Waals surface area (Å²) in [6.07, 6.45) is 13.8. The average Bonchev–Trinajstić information content (AvgIpc) is 2.81. The van der Waals surface area contributed by atoms with Gasteiger partial charge in [-0.3, -0.25) is 9.79 Å². The van der Waals surface area contributed by atoms with Gasteiger partial charge in [0.25, 0.3) is 0 Å². The number of benzene rings is 2. The first-order valence-electron chi connectivity index (χ1n) is 14.0. The van der Waals surface area contributed by atoms with Gasteiger partial charge in [0.1, 0.15) is 11.5 Å². The summed E-state index contributed by atoms with van der Waals surface area (Å²) in [5.41, 5.74) is 2.42. The quantitative estimate of drug-likeness (QED) is 0.148. The van der Waals surface area contributed by atoms with Crippen molar-refractivity contribution in [3.05, 3.63) is 47.0 Å². The average molecular weight is 533 g/mol. The van der Waals surface area contributed by atoms with E-state index in [4.69, 9.17) is 4.52 Å². The van der Waals surface area contributed by atoms with Crippen molar-refractivity contribution in [3.8, 4) is 11.5 Å². The summed E-state index contributed by atoms with van der Waals surface area (Å²) in [4.78, 5) is 19.0. The van der Waals surface area contributed by atoms with Crippen LogP contribution in [0.5, 0.6) is 11.5 Å². The molecule has 2 atom stereocenters. The van der Waals surface area contributed by atoms with Gasteiger partial charge in [0.2, 0.25) is 0 Å². The highest BCUT2D eigenvalue weighted by atomic mass is 31.2. The van der Waals surface area contributed by atoms with Crippen molar-refractivity contribution >= 4 is 18.6 Å². The lowest BCUT2D eigenvalue weighted by Crippen LogP contribution is -2.00. The molecule has 2 aromatic carbocycles. The fourth-order valence-corrected chi connectivity index (χ4v) is 5.57. The van der Waals surface area contributed by atoms with Crippen LogP contribution in [0, 0.1) is 24.7 Å². The molecule has 0 aromatic heterocycles. The number of phenolic OH excluding ortho intramolecular Hbond substituents is 1. The molecule has 0 heterocycles. The number of phosphoric acid groups is 1. The van der Waals surface area contributed by atoms with E-state index in [9.17, 15) is 19.5 Å². The molecule has 0 aliphatic carbocycles. The predicted molar refractivity (Wildman–Crippen MR) is 155 cm³/mol. The minimum absolute atomic E-state index is 0.123. The topological polar surface area (TPSA) is 87.0 Å². The number of phosphoric ester groups is 1. The number of fused-ring (bicyclic) bond motifs is 1. The molecule has 0 amide bonds. The summed E-state index contributed by atoms with van der Waals surface area (Å²) in [7, 11) is -4.76. The van der Waals surface area contributed by atoms with Crippen molar-refractivity contribution in [2.45, 2.75) is 106 Å². The molecule has 0 unspecified atom stereocenters. The summed E-state index contributed by atoms with van der Waals surface area (Å²) in [5, 5.41) is 11.7. The molecule has 0 radical (unpaired) electrons. The highest BCUT2D eigenvalue weighted by Gasteiger charge is 2.24. The molecule has 0 spiro atoms. The number of hydrogen-bond acceptors (Lipinski definition) is 3. The monoisotopic (exact) mass is 532 g/mol. The van der Waals surface area contributed by atoms with Gasteiger partial charge in [-0.05, 0) is 56.4 Å². The Hall–Kier alpha value is -1.81. The third kappa shape index (κ3) is 10.8. The van der Waals surface area contributed by atoms with Gasteiger partial charge < -0.3 is 9.63 Å². The molecule has 37 heavy (non-hydrogen) atoms. The molecule has 208 valence electrons. The van der Waals surface area contributed by atoms with Crippen LogP contribution in [0.4, 0.5) is 0 Å². The van der Waals surface area contributed by atoms with Crippen LogP contribution in [0.3, 0.4) is 0 Å². The molecule has 0 saturated carbocycles. The van der Waals surface area contributed by atoms with Gasteiger partial charge in [0, 0.05) is 16.3 Å². The molecule has 0 aliphatic rings. The Bertz CT molecular complexity index is 1070. The molecular weight excluding hydrogens is 483 g/mol. The lowest BCUT2D eigenvalue weighted by Gasteiger charge is -2.18. The number of rotatable bonds is 16. The largest absolute Gasteiger partial charge is 0.524 e. The standard InChI is InChI=1S/C31H49O5P/c1-22(2)12-9-13-23(3)14-10-15-24(4)16-11-17-25(5)20-21-27-26(6)30(32)28-18-7-8-19-29(28)31(27)36-37(33,34)35/h7-8,18-20,22-24,32H,9-17,21H2,1-6H3,(H2,33,34,35)/b25-20+/t23-,24-/m1/s1. The van der Waals surface area contributed by atoms with Gasteiger partial charge in [-0.2, -0.15) is 0 Å². The third-order valence-corrected chi connectivity index (χ3v) is 7.93. The zero-order valence-electron chi connectivity index (χ0n) is 23.8. The third-order valence-electron chi connectivity index (χ3n) is 7.51. The Morgan fingerprint density at radius 1 is 0.919 bits per heavy atom. The second-order valence-corrected chi connectivity index (χ2v) is 12.7. The smallest absolute Gasteiger partial charge is 0.507 e. The van der Waals surface area contributed by atoms with E-state index in [1.165, 1.54) is 50.5 Å². The highest BCUT2D eigenvalue weighted by Crippen LogP contribution is 2.47. The SMILES string of the molecule is C/C(=C\Cc1c(C)c(O)c2ccccc2c1OP(=O)(O)O)CCC[C@H](C)CCC[C@H](C)CCCC(C)C. The normalized spacial score (nSPS) is 14.4. The first-order chi connectivity index (χ1) is 17.4. The van der Waals surface area contributed by atoms with E-state index in [0.717, 1.165) is 30.6 Å². The number of hydrogen-bond donors (Lipinski definition) is 3. The van der Waals surface area contributed by atoms with Gasteiger partial charge in [0.15, 0.2) is 0 Å². The number of aromatic hydroxyl groups is 1. The Labute approximate surface area is 224 Å². The number of allylic oxidation sites excluding steroid dienone is 2. The zero-order chi connectivity index (χ0) is 27.6. The lowest BCUT2D eigenvalue weighted by molar-refractivity contribution is 0.283. The Balaban J connectivity index is 1.91. The van der Waals surface area contributed by atoms with E-state index in [1.54, 1.807) is 31.2 Å². The minimum atomic E-state index is -4.76. The minimum Gasteiger partial charge on any atom is -0.507 e. The maximum absolute atomic E-state index is 11.7. The van der Waals surface area contributed by atoms with E-state index in [-0.39, 0.29) is 11.5 Å². The van der Waals surface area contributed by atoms with Gasteiger partial charge in [-0.15, -0.1) is 0 Å². The Morgan fingerprint density at radius 3 is 2.03 bits per heavy atom. The van der Waals surface area contributed by atoms with Gasteiger partial charge in [-0.1, -0.05) is 109 Å². The van der Waals surface area contributed by atoms with Gasteiger partial charge >= 0.3 is 7.82 Å². The molecule has 0 fully saturated rings. The molecule has 6 heteroatoms. The van der Waals surface area contributed by atoms with Crippen LogP contribution < -0.4 is 4.52 Å². The van der Waals surface area contributed by atoms with Crippen molar-refractivity contribution in [1.82, 2.24) is 0 Å². The molecule has 2 aromatic rings. The zero-order valence-corrected chi connectivity index (χ0v) is 24.7. The van der Waals surface area contributed by atoms with Crippen LogP contribution in [-0.2, 0) is 11.0 Å². The van der Waals surface area contributed by atoms with Gasteiger partial charge in [-0.25, -0.2) is 4.57 Å². The summed E-state index contributed by atoms with van der Waals surface area (Å²) in [6.45, 7) is 13.2. The summed E-state index contributed by atoms with van der Waals surface area (Å²) >= 11 is 0. The van der Waals surface area contributed by atoms with E-state index in [2.05, 4.69) is 40.7 Å². The van der Waals surface area contributed by atoms with E-state index < -0.39 is 7.82 Å². The summed E-state index contributed by atoms with van der Waals surface area (Å²) < 4.78 is 16.9. The highest BCUT2D eigenvalue weighted by molar-refractivity contribution is 7.46. The van der Waals surface area contributed by atoms with Gasteiger partial charge in [0.05, 0.1) is 0 Å². The van der Waals surface area contributed by atoms with Crippen molar-refractivity contribution in [1.29, 1.82) is 0 Å². The molecule has 0 saturated heterocycles. The van der Waals surface area contributed by atoms with Crippen molar-refractivity contribution < 1.29 is 24.0 Å². The first-order valence-corrected chi connectivity index (χ1v) is 15.6. The van der Waals surface area contributed by atoms with Crippen molar-refractivity contribution in [3.63, 3.8) is 0 Å².